The molecule has 26 heavy (non-hydrogen) atoms. The molecule has 0 bridgehead atoms. The van der Waals surface area contributed by atoms with E-state index in [1.54, 1.807) is 12.4 Å². The summed E-state index contributed by atoms with van der Waals surface area (Å²) in [6.45, 7) is 2.70. The van der Waals surface area contributed by atoms with Crippen LogP contribution < -0.4 is 38.1 Å². The lowest BCUT2D eigenvalue weighted by Crippen LogP contribution is -2.64. The molecular formula is C16H27FN8O. The molecule has 10 heteroatoms. The molecule has 3 heterocycles. The number of amides is 1. The normalized spacial score (nSPS) is 25.8. The van der Waals surface area contributed by atoms with E-state index < -0.39 is 24.4 Å². The third-order valence-corrected chi connectivity index (χ3v) is 4.78. The highest BCUT2D eigenvalue weighted by atomic mass is 19.1. The molecule has 9 N–H and O–H groups in total. The number of alkyl halides is 1. The molecule has 2 saturated heterocycles. The van der Waals surface area contributed by atoms with Crippen molar-refractivity contribution in [2.75, 3.05) is 38.2 Å². The fourth-order valence-electron chi connectivity index (χ4n) is 3.41. The molecule has 0 radical (unpaired) electrons. The van der Waals surface area contributed by atoms with Gasteiger partial charge in [-0.3, -0.25) is 20.4 Å². The van der Waals surface area contributed by atoms with Gasteiger partial charge in [-0.25, -0.2) is 4.39 Å². The first-order valence-electron chi connectivity index (χ1n) is 8.84. The summed E-state index contributed by atoms with van der Waals surface area (Å²) in [4.78, 5) is 17.0. The van der Waals surface area contributed by atoms with E-state index in [1.807, 2.05) is 6.07 Å². The van der Waals surface area contributed by atoms with Gasteiger partial charge in [0.1, 0.15) is 6.17 Å². The second kappa shape index (κ2) is 8.80. The Morgan fingerprint density at radius 1 is 1.23 bits per heavy atom. The largest absolute Gasteiger partial charge is 0.324 e. The van der Waals surface area contributed by atoms with E-state index in [0.29, 0.717) is 5.69 Å². The number of aromatic nitrogens is 1. The summed E-state index contributed by atoms with van der Waals surface area (Å²) in [6.07, 6.45) is 0.951. The van der Waals surface area contributed by atoms with Crippen LogP contribution in [-0.4, -0.2) is 62.2 Å². The SMILES string of the molecule is NC(N)C(C(=O)Nc1cnccc1C1CNCNC1)C1NCC(F)CN1. The van der Waals surface area contributed by atoms with E-state index in [1.165, 1.54) is 0 Å². The zero-order valence-corrected chi connectivity index (χ0v) is 14.5. The minimum absolute atomic E-state index is 0.158. The van der Waals surface area contributed by atoms with E-state index in [9.17, 15) is 9.18 Å². The zero-order chi connectivity index (χ0) is 18.5. The van der Waals surface area contributed by atoms with Gasteiger partial charge >= 0.3 is 0 Å². The molecule has 1 aromatic rings. The van der Waals surface area contributed by atoms with Crippen molar-refractivity contribution in [1.29, 1.82) is 0 Å². The van der Waals surface area contributed by atoms with Gasteiger partial charge in [0, 0.05) is 45.0 Å². The molecule has 1 unspecified atom stereocenters. The van der Waals surface area contributed by atoms with Crippen molar-refractivity contribution in [3.05, 3.63) is 24.0 Å². The molecule has 1 aromatic heterocycles. The van der Waals surface area contributed by atoms with Crippen LogP contribution in [0, 0.1) is 5.92 Å². The molecule has 0 aliphatic carbocycles. The van der Waals surface area contributed by atoms with Gasteiger partial charge in [0.05, 0.1) is 30.1 Å². The zero-order valence-electron chi connectivity index (χ0n) is 14.5. The number of rotatable bonds is 5. The first-order valence-corrected chi connectivity index (χ1v) is 8.84. The smallest absolute Gasteiger partial charge is 0.233 e. The number of nitrogens with one attached hydrogen (secondary N) is 5. The lowest BCUT2D eigenvalue weighted by Gasteiger charge is -2.35. The van der Waals surface area contributed by atoms with Crippen molar-refractivity contribution in [3.8, 4) is 0 Å². The summed E-state index contributed by atoms with van der Waals surface area (Å²) >= 11 is 0. The second-order valence-corrected chi connectivity index (χ2v) is 6.73. The fraction of sp³-hybridized carbons (Fsp3) is 0.625. The molecule has 144 valence electrons. The van der Waals surface area contributed by atoms with Gasteiger partial charge in [0.2, 0.25) is 5.91 Å². The average molecular weight is 366 g/mol. The highest BCUT2D eigenvalue weighted by molar-refractivity contribution is 5.94. The highest BCUT2D eigenvalue weighted by Gasteiger charge is 2.35. The van der Waals surface area contributed by atoms with Crippen LogP contribution >= 0.6 is 0 Å². The Hall–Kier alpha value is -1.69. The number of nitrogens with zero attached hydrogens (tertiary/aromatic N) is 1. The molecule has 0 spiro atoms. The summed E-state index contributed by atoms with van der Waals surface area (Å²) < 4.78 is 13.3. The first kappa shape index (κ1) is 19.1. The first-order chi connectivity index (χ1) is 12.6. The van der Waals surface area contributed by atoms with Gasteiger partial charge in [-0.05, 0) is 11.6 Å². The topological polar surface area (TPSA) is 142 Å². The van der Waals surface area contributed by atoms with Crippen molar-refractivity contribution in [3.63, 3.8) is 0 Å². The Morgan fingerprint density at radius 2 is 1.92 bits per heavy atom. The van der Waals surface area contributed by atoms with E-state index in [-0.39, 0.29) is 24.9 Å². The van der Waals surface area contributed by atoms with Gasteiger partial charge in [0.15, 0.2) is 0 Å². The van der Waals surface area contributed by atoms with Crippen molar-refractivity contribution >= 4 is 11.6 Å². The Labute approximate surface area is 151 Å². The molecule has 0 aromatic carbocycles. The van der Waals surface area contributed by atoms with Gasteiger partial charge in [0.25, 0.3) is 0 Å². The molecule has 2 fully saturated rings. The van der Waals surface area contributed by atoms with Gasteiger partial charge in [-0.15, -0.1) is 0 Å². The number of carbonyl (C=O) groups excluding carboxylic acids is 1. The number of anilines is 1. The summed E-state index contributed by atoms with van der Waals surface area (Å²) in [6, 6.07) is 1.90. The third-order valence-electron chi connectivity index (χ3n) is 4.78. The molecular weight excluding hydrogens is 339 g/mol. The summed E-state index contributed by atoms with van der Waals surface area (Å²) in [7, 11) is 0. The third kappa shape index (κ3) is 4.53. The van der Waals surface area contributed by atoms with Crippen LogP contribution in [0.1, 0.15) is 11.5 Å². The van der Waals surface area contributed by atoms with Gasteiger partial charge in [-0.2, -0.15) is 0 Å². The molecule has 1 atom stereocenters. The lowest BCUT2D eigenvalue weighted by atomic mass is 9.96. The van der Waals surface area contributed by atoms with Crippen LogP contribution in [0.3, 0.4) is 0 Å². The maximum atomic E-state index is 13.3. The van der Waals surface area contributed by atoms with Crippen molar-refractivity contribution < 1.29 is 9.18 Å². The maximum absolute atomic E-state index is 13.3. The number of hydrogen-bond donors (Lipinski definition) is 7. The number of pyridine rings is 1. The van der Waals surface area contributed by atoms with Gasteiger partial charge < -0.3 is 27.4 Å². The molecule has 2 aliphatic heterocycles. The molecule has 1 amide bonds. The second-order valence-electron chi connectivity index (χ2n) is 6.73. The summed E-state index contributed by atoms with van der Waals surface area (Å²) in [5.41, 5.74) is 13.3. The van der Waals surface area contributed by atoms with Crippen LogP contribution in [0.25, 0.3) is 0 Å². The highest BCUT2D eigenvalue weighted by Crippen LogP contribution is 2.25. The van der Waals surface area contributed by atoms with E-state index >= 15 is 0 Å². The van der Waals surface area contributed by atoms with E-state index in [4.69, 9.17) is 11.5 Å². The Bertz CT molecular complexity index is 602. The Balaban J connectivity index is 1.73. The monoisotopic (exact) mass is 366 g/mol. The van der Waals surface area contributed by atoms with Crippen molar-refractivity contribution in [2.45, 2.75) is 24.4 Å². The molecule has 9 nitrogen and oxygen atoms in total. The maximum Gasteiger partial charge on any atom is 0.233 e. The molecule has 2 aliphatic rings. The van der Waals surface area contributed by atoms with Gasteiger partial charge in [-0.1, -0.05) is 0 Å². The predicted octanol–water partition coefficient (Wildman–Crippen LogP) is -2.03. The van der Waals surface area contributed by atoms with Crippen LogP contribution in [0.15, 0.2) is 18.5 Å². The van der Waals surface area contributed by atoms with Crippen molar-refractivity contribution in [2.24, 2.45) is 17.4 Å². The average Bonchev–Trinajstić information content (AvgIpc) is 2.64. The van der Waals surface area contributed by atoms with Crippen LogP contribution in [0.2, 0.25) is 0 Å². The Morgan fingerprint density at radius 3 is 2.58 bits per heavy atom. The number of nitrogens with two attached hydrogens (primary N) is 2. The predicted molar refractivity (Wildman–Crippen MR) is 96.8 cm³/mol. The van der Waals surface area contributed by atoms with Crippen molar-refractivity contribution in [1.82, 2.24) is 26.3 Å². The Kier molecular flexibility index (Phi) is 6.46. The standard InChI is InChI=1S/C16H27FN8O/c17-10-5-23-15(24-6-10)13(14(18)19)16(26)25-12-7-20-2-1-11(12)9-3-21-8-22-4-9/h1-2,7,9-10,13-15,21-24H,3-6,8,18-19H2,(H,25,26). The lowest BCUT2D eigenvalue weighted by molar-refractivity contribution is -0.122. The fourth-order valence-corrected chi connectivity index (χ4v) is 3.41. The number of hydrogen-bond acceptors (Lipinski definition) is 8. The number of halogens is 1. The quantitative estimate of drug-likeness (QED) is 0.296. The molecule has 3 rings (SSSR count). The van der Waals surface area contributed by atoms with E-state index in [0.717, 1.165) is 25.3 Å². The van der Waals surface area contributed by atoms with Crippen LogP contribution in [0.5, 0.6) is 0 Å². The van der Waals surface area contributed by atoms with E-state index in [2.05, 4.69) is 31.6 Å². The van der Waals surface area contributed by atoms with Crippen LogP contribution in [0.4, 0.5) is 10.1 Å². The minimum Gasteiger partial charge on any atom is -0.324 e. The summed E-state index contributed by atoms with van der Waals surface area (Å²) in [5, 5.41) is 15.4. The van der Waals surface area contributed by atoms with Crippen LogP contribution in [-0.2, 0) is 4.79 Å². The summed E-state index contributed by atoms with van der Waals surface area (Å²) in [5.74, 6) is -0.864. The minimum atomic E-state index is -1.000. The number of carbonyl (C=O) groups is 1. The molecule has 0 saturated carbocycles.